The minimum absolute atomic E-state index is 0.0459. The Morgan fingerprint density at radius 1 is 1.41 bits per heavy atom. The fourth-order valence-corrected chi connectivity index (χ4v) is 1.76. The molecule has 1 aromatic carbocycles. The van der Waals surface area contributed by atoms with Gasteiger partial charge in [0.1, 0.15) is 22.7 Å². The van der Waals surface area contributed by atoms with Crippen molar-refractivity contribution in [1.82, 2.24) is 0 Å². The maximum absolute atomic E-state index is 11.8. The smallest absolute Gasteiger partial charge is 0.347 e. The average Bonchev–Trinajstić information content (AvgIpc) is 2.27. The number of hydrogen-bond acceptors (Lipinski definition) is 4. The molecule has 2 aromatic rings. The molecule has 2 rings (SSSR count). The summed E-state index contributed by atoms with van der Waals surface area (Å²) in [5.74, 6) is 0.810. The third kappa shape index (κ3) is 2.20. The van der Waals surface area contributed by atoms with E-state index < -0.39 is 5.63 Å². The highest BCUT2D eigenvalue weighted by Crippen LogP contribution is 2.22. The third-order valence-electron chi connectivity index (χ3n) is 2.45. The molecule has 0 aliphatic heterocycles. The van der Waals surface area contributed by atoms with Crippen LogP contribution in [0.3, 0.4) is 0 Å². The van der Waals surface area contributed by atoms with Crippen molar-refractivity contribution in [3.63, 3.8) is 0 Å². The molecule has 0 unspecified atom stereocenters. The van der Waals surface area contributed by atoms with Gasteiger partial charge in [-0.1, -0.05) is 12.1 Å². The molecular formula is C13H12O4. The number of ketones is 1. The normalized spacial score (nSPS) is 10.5. The predicted molar refractivity (Wildman–Crippen MR) is 63.4 cm³/mol. The first-order valence-corrected chi connectivity index (χ1v) is 5.21. The van der Waals surface area contributed by atoms with Crippen molar-refractivity contribution in [3.8, 4) is 5.75 Å². The summed E-state index contributed by atoms with van der Waals surface area (Å²) in [4.78, 5) is 22.8. The molecule has 1 aromatic heterocycles. The number of carbonyl (C=O) groups excluding carboxylic acids is 1. The van der Waals surface area contributed by atoms with Crippen molar-refractivity contribution >= 4 is 16.6 Å². The summed E-state index contributed by atoms with van der Waals surface area (Å²) < 4.78 is 10.2. The van der Waals surface area contributed by atoms with Crippen molar-refractivity contribution in [2.75, 3.05) is 7.11 Å². The largest absolute Gasteiger partial charge is 0.496 e. The second kappa shape index (κ2) is 4.41. The van der Waals surface area contributed by atoms with Crippen LogP contribution >= 0.6 is 0 Å². The summed E-state index contributed by atoms with van der Waals surface area (Å²) in [6.45, 7) is 1.45. The van der Waals surface area contributed by atoms with E-state index in [0.29, 0.717) is 16.9 Å². The van der Waals surface area contributed by atoms with Crippen molar-refractivity contribution < 1.29 is 13.9 Å². The molecular weight excluding hydrogens is 220 g/mol. The lowest BCUT2D eigenvalue weighted by atomic mass is 10.1. The van der Waals surface area contributed by atoms with E-state index in [2.05, 4.69) is 0 Å². The zero-order valence-electron chi connectivity index (χ0n) is 9.65. The highest BCUT2D eigenvalue weighted by Gasteiger charge is 2.10. The first-order chi connectivity index (χ1) is 8.11. The zero-order valence-corrected chi connectivity index (χ0v) is 9.65. The zero-order chi connectivity index (χ0) is 12.4. The number of fused-ring (bicyclic) bond motifs is 1. The Labute approximate surface area is 97.8 Å². The number of benzene rings is 1. The molecule has 0 aliphatic carbocycles. The molecule has 4 nitrogen and oxygen atoms in total. The maximum atomic E-state index is 11.8. The van der Waals surface area contributed by atoms with E-state index in [1.165, 1.54) is 14.0 Å². The van der Waals surface area contributed by atoms with Crippen LogP contribution in [0.1, 0.15) is 12.7 Å². The molecule has 0 N–H and O–H groups in total. The van der Waals surface area contributed by atoms with Crippen molar-refractivity contribution in [1.29, 1.82) is 0 Å². The van der Waals surface area contributed by atoms with Crippen LogP contribution < -0.4 is 10.4 Å². The Kier molecular flexibility index (Phi) is 2.95. The van der Waals surface area contributed by atoms with Gasteiger partial charge in [-0.25, -0.2) is 4.79 Å². The number of Topliss-reactive ketones (excluding diaryl/α,β-unsaturated/α-hetero) is 1. The molecule has 1 heterocycles. The van der Waals surface area contributed by atoms with E-state index in [-0.39, 0.29) is 12.2 Å². The van der Waals surface area contributed by atoms with Crippen LogP contribution in [0.2, 0.25) is 0 Å². The van der Waals surface area contributed by atoms with E-state index in [1.54, 1.807) is 24.3 Å². The van der Waals surface area contributed by atoms with Crippen LogP contribution in [0.5, 0.6) is 5.75 Å². The van der Waals surface area contributed by atoms with Crippen LogP contribution in [0.25, 0.3) is 10.8 Å². The molecule has 0 saturated carbocycles. The summed E-state index contributed by atoms with van der Waals surface area (Å²) in [6.07, 6.45) is 0.127. The summed E-state index contributed by atoms with van der Waals surface area (Å²) in [5.41, 5.74) is -0.476. The summed E-state index contributed by atoms with van der Waals surface area (Å²) >= 11 is 0. The van der Waals surface area contributed by atoms with Crippen LogP contribution in [0.4, 0.5) is 0 Å². The van der Waals surface area contributed by atoms with Gasteiger partial charge in [0.25, 0.3) is 0 Å². The Balaban J connectivity index is 2.67. The maximum Gasteiger partial charge on any atom is 0.347 e. The average molecular weight is 232 g/mol. The molecule has 4 heteroatoms. The van der Waals surface area contributed by atoms with Gasteiger partial charge in [0.15, 0.2) is 0 Å². The van der Waals surface area contributed by atoms with Crippen LogP contribution in [0, 0.1) is 0 Å². The van der Waals surface area contributed by atoms with Gasteiger partial charge in [0.2, 0.25) is 0 Å². The monoisotopic (exact) mass is 232 g/mol. The molecule has 0 saturated heterocycles. The van der Waals surface area contributed by atoms with E-state index >= 15 is 0 Å². The number of hydrogen-bond donors (Lipinski definition) is 0. The second-order valence-corrected chi connectivity index (χ2v) is 3.80. The number of ether oxygens (including phenoxy) is 1. The van der Waals surface area contributed by atoms with Gasteiger partial charge >= 0.3 is 5.63 Å². The molecule has 0 bridgehead atoms. The van der Waals surface area contributed by atoms with E-state index in [0.717, 1.165) is 5.39 Å². The molecule has 17 heavy (non-hydrogen) atoms. The molecule has 88 valence electrons. The second-order valence-electron chi connectivity index (χ2n) is 3.80. The molecule has 0 radical (unpaired) electrons. The number of rotatable bonds is 3. The van der Waals surface area contributed by atoms with E-state index in [1.807, 2.05) is 0 Å². The number of methoxy groups -OCH3 is 1. The summed E-state index contributed by atoms with van der Waals surface area (Å²) in [6, 6.07) is 6.97. The lowest BCUT2D eigenvalue weighted by Gasteiger charge is -2.04. The fourth-order valence-electron chi connectivity index (χ4n) is 1.76. The lowest BCUT2D eigenvalue weighted by Crippen LogP contribution is -2.06. The Morgan fingerprint density at radius 3 is 2.82 bits per heavy atom. The van der Waals surface area contributed by atoms with Gasteiger partial charge in [0, 0.05) is 0 Å². The van der Waals surface area contributed by atoms with Crippen molar-refractivity contribution in [2.24, 2.45) is 0 Å². The van der Waals surface area contributed by atoms with Crippen molar-refractivity contribution in [2.45, 2.75) is 13.3 Å². The molecule has 0 aliphatic rings. The topological polar surface area (TPSA) is 56.5 Å². The van der Waals surface area contributed by atoms with E-state index in [9.17, 15) is 9.59 Å². The van der Waals surface area contributed by atoms with Crippen LogP contribution in [-0.4, -0.2) is 12.9 Å². The van der Waals surface area contributed by atoms with Crippen LogP contribution in [0.15, 0.2) is 33.5 Å². The quantitative estimate of drug-likeness (QED) is 0.811. The van der Waals surface area contributed by atoms with Gasteiger partial charge in [0.05, 0.1) is 13.5 Å². The van der Waals surface area contributed by atoms with Crippen LogP contribution in [-0.2, 0) is 11.2 Å². The minimum Gasteiger partial charge on any atom is -0.496 e. The molecule has 0 atom stereocenters. The predicted octanol–water partition coefficient (Wildman–Crippen LogP) is 1.93. The molecule has 0 spiro atoms. The Bertz CT molecular complexity index is 625. The highest BCUT2D eigenvalue weighted by molar-refractivity contribution is 5.88. The Hall–Kier alpha value is -2.10. The van der Waals surface area contributed by atoms with Crippen molar-refractivity contribution in [3.05, 3.63) is 40.4 Å². The fraction of sp³-hybridized carbons (Fsp3) is 0.231. The van der Waals surface area contributed by atoms with Gasteiger partial charge in [-0.2, -0.15) is 0 Å². The standard InChI is InChI=1S/C13H12O4/c1-8(14)6-10-7-9-4-3-5-11(16-2)12(9)13(15)17-10/h3-5,7H,6H2,1-2H3. The highest BCUT2D eigenvalue weighted by atomic mass is 16.5. The van der Waals surface area contributed by atoms with Gasteiger partial charge in [-0.15, -0.1) is 0 Å². The first-order valence-electron chi connectivity index (χ1n) is 5.21. The SMILES string of the molecule is COc1cccc2cc(CC(C)=O)oc(=O)c12. The first kappa shape index (κ1) is 11.4. The molecule has 0 fully saturated rings. The third-order valence-corrected chi connectivity index (χ3v) is 2.45. The van der Waals surface area contributed by atoms with Gasteiger partial charge < -0.3 is 9.15 Å². The van der Waals surface area contributed by atoms with Gasteiger partial charge in [-0.3, -0.25) is 4.79 Å². The molecule has 0 amide bonds. The summed E-state index contributed by atoms with van der Waals surface area (Å²) in [5, 5.41) is 1.12. The summed E-state index contributed by atoms with van der Waals surface area (Å²) in [7, 11) is 1.50. The van der Waals surface area contributed by atoms with Gasteiger partial charge in [-0.05, 0) is 24.4 Å². The Morgan fingerprint density at radius 2 is 2.18 bits per heavy atom. The van der Waals surface area contributed by atoms with E-state index in [4.69, 9.17) is 9.15 Å². The number of carbonyl (C=O) groups is 1. The lowest BCUT2D eigenvalue weighted by molar-refractivity contribution is -0.116. The minimum atomic E-state index is -0.476.